The number of nitrogens with zero attached hydrogens (tertiary/aromatic N) is 5. The van der Waals surface area contributed by atoms with Crippen molar-refractivity contribution in [1.82, 2.24) is 25.5 Å². The number of ether oxygens (including phenoxy) is 1. The number of carbonyl (C=O) groups is 1. The van der Waals surface area contributed by atoms with E-state index in [0.717, 1.165) is 6.26 Å². The maximum absolute atomic E-state index is 13.6. The number of hydrogen-bond acceptors (Lipinski definition) is 10. The average Bonchev–Trinajstić information content (AvgIpc) is 3.33. The van der Waals surface area contributed by atoms with Gasteiger partial charge in [-0.1, -0.05) is 11.2 Å². The van der Waals surface area contributed by atoms with Gasteiger partial charge in [0.2, 0.25) is 0 Å². The van der Waals surface area contributed by atoms with Gasteiger partial charge in [0, 0.05) is 19.2 Å². The Morgan fingerprint density at radius 3 is 2.69 bits per heavy atom. The summed E-state index contributed by atoms with van der Waals surface area (Å²) in [5.41, 5.74) is 2.09. The molecule has 3 aromatic rings. The molecule has 0 aliphatic carbocycles. The molecule has 13 heteroatoms. The van der Waals surface area contributed by atoms with Gasteiger partial charge in [0.05, 0.1) is 12.8 Å². The Hall–Kier alpha value is -4.00. The maximum Gasteiger partial charge on any atom is 0.270 e. The van der Waals surface area contributed by atoms with Crippen LogP contribution < -0.4 is 10.1 Å². The van der Waals surface area contributed by atoms with E-state index in [9.17, 15) is 17.6 Å². The number of hydrogen-bond donors (Lipinski definition) is 1. The first-order valence-corrected chi connectivity index (χ1v) is 12.3. The van der Waals surface area contributed by atoms with E-state index in [2.05, 4.69) is 30.6 Å². The van der Waals surface area contributed by atoms with Crippen LogP contribution in [-0.2, 0) is 21.2 Å². The molecule has 182 valence electrons. The van der Waals surface area contributed by atoms with Crippen molar-refractivity contribution in [2.75, 3.05) is 13.4 Å². The number of methoxy groups -OCH3 is 1. The molecule has 2 aromatic heterocycles. The zero-order valence-corrected chi connectivity index (χ0v) is 19.8. The third-order valence-corrected chi connectivity index (χ3v) is 6.05. The minimum Gasteiger partial charge on any atom is -0.494 e. The number of amides is 1. The second-order valence-corrected chi connectivity index (χ2v) is 9.70. The molecule has 0 saturated heterocycles. The predicted octanol–water partition coefficient (Wildman–Crippen LogP) is 1.92. The number of benzene rings is 1. The van der Waals surface area contributed by atoms with Crippen molar-refractivity contribution < 1.29 is 27.2 Å². The third-order valence-electron chi connectivity index (χ3n) is 5.07. The number of oxime groups is 1. The lowest BCUT2D eigenvalue weighted by Crippen LogP contribution is -2.25. The molecule has 0 bridgehead atoms. The second-order valence-electron chi connectivity index (χ2n) is 7.74. The summed E-state index contributed by atoms with van der Waals surface area (Å²) in [6.07, 6.45) is 0.762. The monoisotopic (exact) mass is 500 g/mol. The lowest BCUT2D eigenvalue weighted by molar-refractivity contribution is 0.0817. The van der Waals surface area contributed by atoms with E-state index in [4.69, 9.17) is 9.57 Å². The second kappa shape index (κ2) is 9.70. The van der Waals surface area contributed by atoms with E-state index in [-0.39, 0.29) is 23.0 Å². The van der Waals surface area contributed by atoms with Gasteiger partial charge >= 0.3 is 0 Å². The number of aromatic nitrogens is 4. The normalized spacial score (nSPS) is 15.3. The van der Waals surface area contributed by atoms with Gasteiger partial charge < -0.3 is 14.9 Å². The van der Waals surface area contributed by atoms with Crippen LogP contribution in [-0.4, -0.2) is 53.6 Å². The maximum atomic E-state index is 13.6. The number of rotatable bonds is 7. The largest absolute Gasteiger partial charge is 0.494 e. The Labute approximate surface area is 200 Å². The molecule has 4 rings (SSSR count). The highest BCUT2D eigenvalue weighted by Crippen LogP contribution is 2.28. The first-order valence-electron chi connectivity index (χ1n) is 10.4. The fourth-order valence-corrected chi connectivity index (χ4v) is 3.81. The van der Waals surface area contributed by atoms with Gasteiger partial charge in [0.25, 0.3) is 5.91 Å². The van der Waals surface area contributed by atoms with Gasteiger partial charge in [-0.25, -0.2) is 22.8 Å². The molecule has 0 fully saturated rings. The van der Waals surface area contributed by atoms with E-state index < -0.39 is 27.7 Å². The minimum absolute atomic E-state index is 0.0846. The molecule has 1 aromatic carbocycles. The summed E-state index contributed by atoms with van der Waals surface area (Å²) in [7, 11) is -2.10. The Bertz CT molecular complexity index is 1410. The van der Waals surface area contributed by atoms with Crippen LogP contribution in [0, 0.1) is 12.7 Å². The minimum atomic E-state index is -3.46. The first kappa shape index (κ1) is 24.1. The highest BCUT2D eigenvalue weighted by Gasteiger charge is 2.27. The highest BCUT2D eigenvalue weighted by atomic mass is 32.2. The van der Waals surface area contributed by atoms with Crippen molar-refractivity contribution in [2.24, 2.45) is 5.16 Å². The number of nitrogens with one attached hydrogen (secondary N) is 1. The van der Waals surface area contributed by atoms with Crippen LogP contribution in [0.5, 0.6) is 5.75 Å². The van der Waals surface area contributed by atoms with E-state index in [1.807, 2.05) is 0 Å². The molecule has 3 heterocycles. The lowest BCUT2D eigenvalue weighted by Gasteiger charge is -2.09. The van der Waals surface area contributed by atoms with Gasteiger partial charge in [-0.05, 0) is 42.8 Å². The number of sulfone groups is 1. The van der Waals surface area contributed by atoms with E-state index in [0.29, 0.717) is 34.9 Å². The molecule has 0 radical (unpaired) electrons. The molecular weight excluding hydrogens is 479 g/mol. The van der Waals surface area contributed by atoms with E-state index in [1.54, 1.807) is 13.0 Å². The van der Waals surface area contributed by atoms with Crippen molar-refractivity contribution in [1.29, 1.82) is 0 Å². The SMILES string of the molecule is COc1cc(CNC(=O)c2cc(C3=NOC(c4ccc(S(C)(=O)=O)nn4)C3)nc(C)n2)ccc1F. The van der Waals surface area contributed by atoms with Crippen LogP contribution in [0.3, 0.4) is 0 Å². The topological polar surface area (TPSA) is 146 Å². The number of aryl methyl sites for hydroxylation is 1. The zero-order valence-electron chi connectivity index (χ0n) is 19.0. The van der Waals surface area contributed by atoms with Crippen LogP contribution in [0.25, 0.3) is 0 Å². The average molecular weight is 501 g/mol. The molecule has 1 N–H and O–H groups in total. The summed E-state index contributed by atoms with van der Waals surface area (Å²) >= 11 is 0. The van der Waals surface area contributed by atoms with E-state index in [1.165, 1.54) is 37.4 Å². The first-order chi connectivity index (χ1) is 16.6. The van der Waals surface area contributed by atoms with Crippen molar-refractivity contribution in [2.45, 2.75) is 31.0 Å². The van der Waals surface area contributed by atoms with Crippen molar-refractivity contribution in [3.8, 4) is 5.75 Å². The van der Waals surface area contributed by atoms with E-state index >= 15 is 0 Å². The highest BCUT2D eigenvalue weighted by molar-refractivity contribution is 7.90. The summed E-state index contributed by atoms with van der Waals surface area (Å²) in [5, 5.41) is 14.3. The summed E-state index contributed by atoms with van der Waals surface area (Å²) in [4.78, 5) is 26.7. The van der Waals surface area contributed by atoms with Gasteiger partial charge in [0.1, 0.15) is 22.9 Å². The van der Waals surface area contributed by atoms with Gasteiger partial charge in [-0.3, -0.25) is 4.79 Å². The van der Waals surface area contributed by atoms with Crippen LogP contribution in [0.2, 0.25) is 0 Å². The Morgan fingerprint density at radius 1 is 1.20 bits per heavy atom. The zero-order chi connectivity index (χ0) is 25.2. The third kappa shape index (κ3) is 5.57. The molecule has 1 unspecified atom stereocenters. The molecule has 1 amide bonds. The van der Waals surface area contributed by atoms with Crippen molar-refractivity contribution >= 4 is 21.5 Å². The van der Waals surface area contributed by atoms with Crippen molar-refractivity contribution in [3.63, 3.8) is 0 Å². The summed E-state index contributed by atoms with van der Waals surface area (Å²) < 4.78 is 41.7. The summed E-state index contributed by atoms with van der Waals surface area (Å²) in [6, 6.07) is 8.68. The summed E-state index contributed by atoms with van der Waals surface area (Å²) in [5.74, 6) is -0.493. The van der Waals surface area contributed by atoms with Crippen LogP contribution >= 0.6 is 0 Å². The van der Waals surface area contributed by atoms with Crippen LogP contribution in [0.4, 0.5) is 4.39 Å². The van der Waals surface area contributed by atoms with Gasteiger partial charge in [0.15, 0.2) is 32.5 Å². The molecule has 35 heavy (non-hydrogen) atoms. The smallest absolute Gasteiger partial charge is 0.270 e. The molecular formula is C22H21FN6O5S. The Morgan fingerprint density at radius 2 is 2.00 bits per heavy atom. The van der Waals surface area contributed by atoms with Gasteiger partial charge in [-0.2, -0.15) is 5.10 Å². The number of halogens is 1. The lowest BCUT2D eigenvalue weighted by atomic mass is 10.1. The fourth-order valence-electron chi connectivity index (χ4n) is 3.31. The van der Waals surface area contributed by atoms with Crippen LogP contribution in [0.1, 0.15) is 45.8 Å². The number of carbonyl (C=O) groups excluding carboxylic acids is 1. The molecule has 1 atom stereocenters. The molecule has 1 aliphatic rings. The van der Waals surface area contributed by atoms with Crippen molar-refractivity contribution in [3.05, 3.63) is 70.7 Å². The Kier molecular flexibility index (Phi) is 6.69. The molecule has 0 saturated carbocycles. The van der Waals surface area contributed by atoms with Crippen LogP contribution in [0.15, 0.2) is 46.6 Å². The summed E-state index contributed by atoms with van der Waals surface area (Å²) in [6.45, 7) is 1.79. The fraction of sp³-hybridized carbons (Fsp3) is 0.273. The quantitative estimate of drug-likeness (QED) is 0.514. The molecule has 1 aliphatic heterocycles. The predicted molar refractivity (Wildman–Crippen MR) is 121 cm³/mol. The molecule has 0 spiro atoms. The van der Waals surface area contributed by atoms with Gasteiger partial charge in [-0.15, -0.1) is 5.10 Å². The Balaban J connectivity index is 1.45. The molecule has 11 nitrogen and oxygen atoms in total. The standard InChI is InChI=1S/C22H21FN6O5S/c1-12-25-16(17-10-20(34-29-17)15-6-7-21(28-27-15)35(3,31)32)9-18(26-12)22(30)24-11-13-4-5-14(23)19(8-13)33-2/h4-9,20H,10-11H2,1-3H3,(H,24,30).